The van der Waals surface area contributed by atoms with Gasteiger partial charge in [-0.15, -0.1) is 0 Å². The van der Waals surface area contributed by atoms with E-state index in [1.807, 2.05) is 74.5 Å². The van der Waals surface area contributed by atoms with Crippen LogP contribution in [0.25, 0.3) is 22.8 Å². The molecule has 25 heavy (non-hydrogen) atoms. The SMILES string of the molecule is COc1ccc(/C=C(\C)c2nc(C)c(-c3ccccc3)c(=O)[nH]2)cc1. The van der Waals surface area contributed by atoms with Gasteiger partial charge in [0, 0.05) is 0 Å². The summed E-state index contributed by atoms with van der Waals surface area (Å²) in [4.78, 5) is 20.1. The fourth-order valence-electron chi connectivity index (χ4n) is 2.74. The number of rotatable bonds is 4. The molecule has 1 N–H and O–H groups in total. The first kappa shape index (κ1) is 16.7. The van der Waals surface area contributed by atoms with E-state index < -0.39 is 0 Å². The zero-order valence-corrected chi connectivity index (χ0v) is 14.5. The minimum atomic E-state index is -0.129. The lowest BCUT2D eigenvalue weighted by Crippen LogP contribution is -2.15. The van der Waals surface area contributed by atoms with Crippen molar-refractivity contribution in [3.63, 3.8) is 0 Å². The maximum absolute atomic E-state index is 12.6. The van der Waals surface area contributed by atoms with Gasteiger partial charge in [0.1, 0.15) is 11.6 Å². The summed E-state index contributed by atoms with van der Waals surface area (Å²) in [6, 6.07) is 17.3. The first-order chi connectivity index (χ1) is 12.1. The summed E-state index contributed by atoms with van der Waals surface area (Å²) >= 11 is 0. The molecule has 1 aromatic heterocycles. The molecule has 0 radical (unpaired) electrons. The summed E-state index contributed by atoms with van der Waals surface area (Å²) < 4.78 is 5.16. The average Bonchev–Trinajstić information content (AvgIpc) is 2.62. The highest BCUT2D eigenvalue weighted by molar-refractivity contribution is 5.78. The van der Waals surface area contributed by atoms with Gasteiger partial charge >= 0.3 is 0 Å². The van der Waals surface area contributed by atoms with Crippen LogP contribution in [0.3, 0.4) is 0 Å². The monoisotopic (exact) mass is 332 g/mol. The predicted octanol–water partition coefficient (Wildman–Crippen LogP) is 4.31. The number of nitrogens with one attached hydrogen (secondary N) is 1. The zero-order chi connectivity index (χ0) is 17.8. The minimum absolute atomic E-state index is 0.129. The van der Waals surface area contributed by atoms with Gasteiger partial charge in [0.2, 0.25) is 0 Å². The van der Waals surface area contributed by atoms with Crippen LogP contribution in [-0.2, 0) is 0 Å². The summed E-state index contributed by atoms with van der Waals surface area (Å²) in [5, 5.41) is 0. The van der Waals surface area contributed by atoms with Crippen molar-refractivity contribution in [3.05, 3.63) is 82.0 Å². The van der Waals surface area contributed by atoms with Crippen molar-refractivity contribution < 1.29 is 4.74 Å². The van der Waals surface area contributed by atoms with E-state index in [4.69, 9.17) is 4.74 Å². The van der Waals surface area contributed by atoms with Crippen LogP contribution in [0, 0.1) is 6.92 Å². The maximum atomic E-state index is 12.6. The number of allylic oxidation sites excluding steroid dienone is 1. The van der Waals surface area contributed by atoms with Crippen LogP contribution in [-0.4, -0.2) is 17.1 Å². The fraction of sp³-hybridized carbons (Fsp3) is 0.143. The number of methoxy groups -OCH3 is 1. The lowest BCUT2D eigenvalue weighted by atomic mass is 10.1. The average molecular weight is 332 g/mol. The Morgan fingerprint density at radius 2 is 1.76 bits per heavy atom. The fourth-order valence-corrected chi connectivity index (χ4v) is 2.74. The highest BCUT2D eigenvalue weighted by Crippen LogP contribution is 2.20. The molecule has 2 aromatic carbocycles. The molecule has 0 unspecified atom stereocenters. The van der Waals surface area contributed by atoms with Crippen LogP contribution < -0.4 is 10.3 Å². The van der Waals surface area contributed by atoms with Gasteiger partial charge in [0.05, 0.1) is 18.4 Å². The van der Waals surface area contributed by atoms with Crippen molar-refractivity contribution in [2.45, 2.75) is 13.8 Å². The summed E-state index contributed by atoms with van der Waals surface area (Å²) in [6.07, 6.45) is 1.99. The van der Waals surface area contributed by atoms with E-state index in [9.17, 15) is 4.79 Å². The normalized spacial score (nSPS) is 11.4. The Bertz CT molecular complexity index is 955. The number of hydrogen-bond donors (Lipinski definition) is 1. The van der Waals surface area contributed by atoms with Gasteiger partial charge in [-0.05, 0) is 48.8 Å². The van der Waals surface area contributed by atoms with Gasteiger partial charge in [0.25, 0.3) is 5.56 Å². The number of benzene rings is 2. The van der Waals surface area contributed by atoms with Crippen LogP contribution in [0.5, 0.6) is 5.75 Å². The van der Waals surface area contributed by atoms with Crippen molar-refractivity contribution in [3.8, 4) is 16.9 Å². The number of aromatic nitrogens is 2. The number of ether oxygens (including phenoxy) is 1. The van der Waals surface area contributed by atoms with E-state index in [0.29, 0.717) is 17.1 Å². The third-order valence-corrected chi connectivity index (χ3v) is 4.04. The van der Waals surface area contributed by atoms with Crippen LogP contribution in [0.4, 0.5) is 0 Å². The number of hydrogen-bond acceptors (Lipinski definition) is 3. The number of aryl methyl sites for hydroxylation is 1. The Morgan fingerprint density at radius 1 is 1.08 bits per heavy atom. The Labute approximate surface area is 146 Å². The molecule has 0 aliphatic heterocycles. The molecule has 0 saturated carbocycles. The molecule has 0 atom stereocenters. The van der Waals surface area contributed by atoms with Crippen molar-refractivity contribution in [2.24, 2.45) is 0 Å². The molecule has 3 rings (SSSR count). The summed E-state index contributed by atoms with van der Waals surface area (Å²) in [6.45, 7) is 3.80. The quantitative estimate of drug-likeness (QED) is 0.774. The third kappa shape index (κ3) is 3.69. The van der Waals surface area contributed by atoms with Gasteiger partial charge in [-0.2, -0.15) is 0 Å². The van der Waals surface area contributed by atoms with E-state index in [-0.39, 0.29) is 5.56 Å². The predicted molar refractivity (Wildman–Crippen MR) is 102 cm³/mol. The third-order valence-electron chi connectivity index (χ3n) is 4.04. The van der Waals surface area contributed by atoms with Gasteiger partial charge in [0.15, 0.2) is 0 Å². The van der Waals surface area contributed by atoms with E-state index in [1.165, 1.54) is 0 Å². The van der Waals surface area contributed by atoms with Gasteiger partial charge in [-0.3, -0.25) is 4.79 Å². The van der Waals surface area contributed by atoms with Crippen molar-refractivity contribution in [2.75, 3.05) is 7.11 Å². The van der Waals surface area contributed by atoms with E-state index in [1.54, 1.807) is 7.11 Å². The van der Waals surface area contributed by atoms with Crippen molar-refractivity contribution >= 4 is 11.6 Å². The van der Waals surface area contributed by atoms with Crippen LogP contribution in [0.1, 0.15) is 24.0 Å². The Kier molecular flexibility index (Phi) is 4.80. The number of aromatic amines is 1. The van der Waals surface area contributed by atoms with Crippen molar-refractivity contribution in [1.29, 1.82) is 0 Å². The molecule has 3 aromatic rings. The van der Waals surface area contributed by atoms with Gasteiger partial charge < -0.3 is 9.72 Å². The largest absolute Gasteiger partial charge is 0.497 e. The topological polar surface area (TPSA) is 55.0 Å². The Morgan fingerprint density at radius 3 is 2.36 bits per heavy atom. The Balaban J connectivity index is 1.97. The molecule has 0 aliphatic carbocycles. The standard InChI is InChI=1S/C21H20N2O2/c1-14(13-16-9-11-18(25-3)12-10-16)20-22-15(2)19(21(24)23-20)17-7-5-4-6-8-17/h4-13H,1-3H3,(H,22,23,24)/b14-13+. The molecule has 0 spiro atoms. The highest BCUT2D eigenvalue weighted by Gasteiger charge is 2.11. The molecule has 0 aliphatic rings. The molecule has 0 amide bonds. The second kappa shape index (κ2) is 7.18. The molecule has 4 nitrogen and oxygen atoms in total. The molecule has 0 saturated heterocycles. The second-order valence-electron chi connectivity index (χ2n) is 5.84. The zero-order valence-electron chi connectivity index (χ0n) is 14.5. The van der Waals surface area contributed by atoms with Crippen LogP contribution >= 0.6 is 0 Å². The molecule has 0 bridgehead atoms. The number of H-pyrrole nitrogens is 1. The van der Waals surface area contributed by atoms with E-state index >= 15 is 0 Å². The Hall–Kier alpha value is -3.14. The summed E-state index contributed by atoms with van der Waals surface area (Å²) in [7, 11) is 1.64. The first-order valence-electron chi connectivity index (χ1n) is 8.07. The molecule has 1 heterocycles. The summed E-state index contributed by atoms with van der Waals surface area (Å²) in [5.74, 6) is 1.39. The first-order valence-corrected chi connectivity index (χ1v) is 8.07. The molecule has 0 fully saturated rings. The second-order valence-corrected chi connectivity index (χ2v) is 5.84. The van der Waals surface area contributed by atoms with E-state index in [0.717, 1.165) is 22.4 Å². The maximum Gasteiger partial charge on any atom is 0.259 e. The van der Waals surface area contributed by atoms with Crippen molar-refractivity contribution in [1.82, 2.24) is 9.97 Å². The minimum Gasteiger partial charge on any atom is -0.497 e. The highest BCUT2D eigenvalue weighted by atomic mass is 16.5. The van der Waals surface area contributed by atoms with Crippen LogP contribution in [0.2, 0.25) is 0 Å². The number of nitrogens with zero attached hydrogens (tertiary/aromatic N) is 1. The molecule has 4 heteroatoms. The smallest absolute Gasteiger partial charge is 0.259 e. The van der Waals surface area contributed by atoms with Gasteiger partial charge in [-0.1, -0.05) is 42.5 Å². The molecular formula is C21H20N2O2. The van der Waals surface area contributed by atoms with Gasteiger partial charge in [-0.25, -0.2) is 4.98 Å². The van der Waals surface area contributed by atoms with Crippen LogP contribution in [0.15, 0.2) is 59.4 Å². The molecule has 126 valence electrons. The molecular weight excluding hydrogens is 312 g/mol. The van der Waals surface area contributed by atoms with E-state index in [2.05, 4.69) is 9.97 Å². The lowest BCUT2D eigenvalue weighted by molar-refractivity contribution is 0.415. The lowest BCUT2D eigenvalue weighted by Gasteiger charge is -2.08. The summed E-state index contributed by atoms with van der Waals surface area (Å²) in [5.41, 5.74) is 3.98.